The number of carbonyl (C=O) groups excluding carboxylic acids is 2. The number of methoxy groups -OCH3 is 2. The number of ether oxygens (including phenoxy) is 2. The lowest BCUT2D eigenvalue weighted by atomic mass is 10.1. The number of amides is 2. The summed E-state index contributed by atoms with van der Waals surface area (Å²) < 4.78 is 23.6. The van der Waals surface area contributed by atoms with Crippen LogP contribution >= 0.6 is 0 Å². The number of halogens is 1. The number of hydrogen-bond donors (Lipinski definition) is 2. The molecule has 0 bridgehead atoms. The number of carbonyl (C=O) groups is 2. The lowest BCUT2D eigenvalue weighted by Crippen LogP contribution is -2.28. The molecular formula is C21H26FN3O4. The summed E-state index contributed by atoms with van der Waals surface area (Å²) in [5.74, 6) is -0.200. The van der Waals surface area contributed by atoms with Gasteiger partial charge in [-0.3, -0.25) is 9.59 Å². The smallest absolute Gasteiger partial charge is 0.251 e. The highest BCUT2D eigenvalue weighted by molar-refractivity contribution is 5.99. The fraction of sp³-hybridized carbons (Fsp3) is 0.333. The highest BCUT2D eigenvalue weighted by Gasteiger charge is 2.18. The number of anilines is 1. The maximum absolute atomic E-state index is 13.0. The van der Waals surface area contributed by atoms with Crippen molar-refractivity contribution in [1.29, 1.82) is 0 Å². The van der Waals surface area contributed by atoms with Crippen LogP contribution in [0.2, 0.25) is 0 Å². The zero-order valence-corrected chi connectivity index (χ0v) is 17.0. The molecule has 2 N–H and O–H groups in total. The Labute approximate surface area is 169 Å². The predicted molar refractivity (Wildman–Crippen MR) is 109 cm³/mol. The van der Waals surface area contributed by atoms with E-state index in [1.54, 1.807) is 43.3 Å². The third-order valence-electron chi connectivity index (χ3n) is 4.09. The minimum Gasteiger partial charge on any atom is -0.493 e. The summed E-state index contributed by atoms with van der Waals surface area (Å²) >= 11 is 0. The standard InChI is InChI=1S/C21H26FN3O4/c1-25(2)13-19(26)24-17-11-15(12-18(28-3)20(17)29-4)21(27)23-10-9-14-5-7-16(22)8-6-14/h5-8,11-12H,9-10,13H2,1-4H3,(H,23,27)(H,24,26). The molecule has 2 aromatic carbocycles. The number of likely N-dealkylation sites (N-methyl/N-ethyl adjacent to an activating group) is 1. The molecule has 2 aromatic rings. The molecule has 0 radical (unpaired) electrons. The van der Waals surface area contributed by atoms with Crippen molar-refractivity contribution in [2.45, 2.75) is 6.42 Å². The van der Waals surface area contributed by atoms with Crippen LogP contribution in [0, 0.1) is 5.82 Å². The first-order valence-corrected chi connectivity index (χ1v) is 9.07. The van der Waals surface area contributed by atoms with Gasteiger partial charge in [0.05, 0.1) is 26.5 Å². The van der Waals surface area contributed by atoms with E-state index in [0.717, 1.165) is 5.56 Å². The third kappa shape index (κ3) is 6.46. The zero-order chi connectivity index (χ0) is 21.4. The number of hydrogen-bond acceptors (Lipinski definition) is 5. The van der Waals surface area contributed by atoms with Crippen LogP contribution in [0.25, 0.3) is 0 Å². The molecule has 0 saturated heterocycles. The van der Waals surface area contributed by atoms with Crippen LogP contribution in [0.15, 0.2) is 36.4 Å². The average molecular weight is 403 g/mol. The van der Waals surface area contributed by atoms with E-state index in [9.17, 15) is 14.0 Å². The molecule has 2 rings (SSSR count). The predicted octanol–water partition coefficient (Wildman–Crippen LogP) is 2.32. The number of nitrogens with zero attached hydrogens (tertiary/aromatic N) is 1. The lowest BCUT2D eigenvalue weighted by Gasteiger charge is -2.17. The molecule has 8 heteroatoms. The Bertz CT molecular complexity index is 854. The quantitative estimate of drug-likeness (QED) is 0.672. The molecule has 29 heavy (non-hydrogen) atoms. The summed E-state index contributed by atoms with van der Waals surface area (Å²) in [6, 6.07) is 9.21. The van der Waals surface area contributed by atoms with Crippen molar-refractivity contribution in [3.63, 3.8) is 0 Å². The second-order valence-electron chi connectivity index (χ2n) is 6.68. The first kappa shape index (κ1) is 22.2. The van der Waals surface area contributed by atoms with Gasteiger partial charge in [-0.25, -0.2) is 4.39 Å². The summed E-state index contributed by atoms with van der Waals surface area (Å²) in [5.41, 5.74) is 1.58. The monoisotopic (exact) mass is 403 g/mol. The van der Waals surface area contributed by atoms with Crippen LogP contribution < -0.4 is 20.1 Å². The summed E-state index contributed by atoms with van der Waals surface area (Å²) in [4.78, 5) is 26.5. The van der Waals surface area contributed by atoms with Crippen molar-refractivity contribution in [3.8, 4) is 11.5 Å². The molecule has 0 saturated carbocycles. The topological polar surface area (TPSA) is 79.9 Å². The molecule has 0 fully saturated rings. The van der Waals surface area contributed by atoms with Crippen LogP contribution in [0.1, 0.15) is 15.9 Å². The van der Waals surface area contributed by atoms with E-state index in [1.807, 2.05) is 0 Å². The van der Waals surface area contributed by atoms with Crippen molar-refractivity contribution in [3.05, 3.63) is 53.3 Å². The van der Waals surface area contributed by atoms with Gasteiger partial charge in [0.15, 0.2) is 11.5 Å². The number of benzene rings is 2. The minimum absolute atomic E-state index is 0.180. The highest BCUT2D eigenvalue weighted by Crippen LogP contribution is 2.36. The van der Waals surface area contributed by atoms with Crippen LogP contribution in [-0.2, 0) is 11.2 Å². The van der Waals surface area contributed by atoms with E-state index in [4.69, 9.17) is 9.47 Å². The van der Waals surface area contributed by atoms with Crippen LogP contribution in [-0.4, -0.2) is 58.1 Å². The Morgan fingerprint density at radius 1 is 1.07 bits per heavy atom. The van der Waals surface area contributed by atoms with E-state index < -0.39 is 0 Å². The van der Waals surface area contributed by atoms with E-state index >= 15 is 0 Å². The van der Waals surface area contributed by atoms with Crippen LogP contribution in [0.5, 0.6) is 11.5 Å². The van der Waals surface area contributed by atoms with Crippen molar-refractivity contribution in [2.75, 3.05) is 46.7 Å². The van der Waals surface area contributed by atoms with E-state index in [0.29, 0.717) is 35.7 Å². The van der Waals surface area contributed by atoms with Crippen LogP contribution in [0.4, 0.5) is 10.1 Å². The normalized spacial score (nSPS) is 10.6. The molecule has 0 aliphatic rings. The largest absolute Gasteiger partial charge is 0.493 e. The van der Waals surface area contributed by atoms with Gasteiger partial charge in [0.25, 0.3) is 5.91 Å². The highest BCUT2D eigenvalue weighted by atomic mass is 19.1. The maximum Gasteiger partial charge on any atom is 0.251 e. The fourth-order valence-electron chi connectivity index (χ4n) is 2.74. The van der Waals surface area contributed by atoms with Gasteiger partial charge in [0.1, 0.15) is 5.82 Å². The molecule has 0 heterocycles. The number of rotatable bonds is 9. The second kappa shape index (κ2) is 10.4. The van der Waals surface area contributed by atoms with Crippen molar-refractivity contribution >= 4 is 17.5 Å². The van der Waals surface area contributed by atoms with Crippen LogP contribution in [0.3, 0.4) is 0 Å². The molecule has 2 amide bonds. The molecule has 0 unspecified atom stereocenters. The molecule has 0 atom stereocenters. The van der Waals surface area contributed by atoms with Crippen molar-refractivity contribution < 1.29 is 23.5 Å². The van der Waals surface area contributed by atoms with Gasteiger partial charge in [-0.15, -0.1) is 0 Å². The average Bonchev–Trinajstić information content (AvgIpc) is 2.68. The molecule has 0 spiro atoms. The van der Waals surface area contributed by atoms with Crippen molar-refractivity contribution in [2.24, 2.45) is 0 Å². The Kier molecular flexibility index (Phi) is 7.97. The first-order valence-electron chi connectivity index (χ1n) is 9.07. The zero-order valence-electron chi connectivity index (χ0n) is 17.0. The van der Waals surface area contributed by atoms with Gasteiger partial charge in [0.2, 0.25) is 5.91 Å². The molecule has 7 nitrogen and oxygen atoms in total. The molecule has 0 aromatic heterocycles. The fourth-order valence-corrected chi connectivity index (χ4v) is 2.74. The third-order valence-corrected chi connectivity index (χ3v) is 4.09. The van der Waals surface area contributed by atoms with Gasteiger partial charge in [-0.05, 0) is 50.3 Å². The summed E-state index contributed by atoms with van der Waals surface area (Å²) in [5, 5.41) is 5.56. The molecular weight excluding hydrogens is 377 g/mol. The Morgan fingerprint density at radius 3 is 2.34 bits per heavy atom. The van der Waals surface area contributed by atoms with E-state index in [-0.39, 0.29) is 24.2 Å². The summed E-state index contributed by atoms with van der Waals surface area (Å²) in [7, 11) is 6.48. The van der Waals surface area contributed by atoms with Gasteiger partial charge >= 0.3 is 0 Å². The first-order chi connectivity index (χ1) is 13.8. The summed E-state index contributed by atoms with van der Waals surface area (Å²) in [6.07, 6.45) is 0.561. The minimum atomic E-state index is -0.323. The van der Waals surface area contributed by atoms with Gasteiger partial charge in [-0.1, -0.05) is 12.1 Å². The lowest BCUT2D eigenvalue weighted by molar-refractivity contribution is -0.116. The molecule has 0 aliphatic heterocycles. The Hall–Kier alpha value is -3.13. The van der Waals surface area contributed by atoms with Gasteiger partial charge < -0.3 is 25.0 Å². The Morgan fingerprint density at radius 2 is 1.76 bits per heavy atom. The van der Waals surface area contributed by atoms with E-state index in [1.165, 1.54) is 26.4 Å². The van der Waals surface area contributed by atoms with Crippen molar-refractivity contribution in [1.82, 2.24) is 10.2 Å². The number of nitrogens with one attached hydrogen (secondary N) is 2. The second-order valence-corrected chi connectivity index (χ2v) is 6.68. The van der Waals surface area contributed by atoms with Gasteiger partial charge in [-0.2, -0.15) is 0 Å². The molecule has 0 aliphatic carbocycles. The van der Waals surface area contributed by atoms with E-state index in [2.05, 4.69) is 10.6 Å². The Balaban J connectivity index is 2.13. The summed E-state index contributed by atoms with van der Waals surface area (Å²) in [6.45, 7) is 0.556. The van der Waals surface area contributed by atoms with Gasteiger partial charge in [0, 0.05) is 12.1 Å². The SMILES string of the molecule is COc1cc(C(=O)NCCc2ccc(F)cc2)cc(NC(=O)CN(C)C)c1OC. The maximum atomic E-state index is 13.0. The molecule has 156 valence electrons.